The molecule has 0 saturated heterocycles. The van der Waals surface area contributed by atoms with E-state index in [0.29, 0.717) is 0 Å². The zero-order valence-electron chi connectivity index (χ0n) is 12.0. The standard InChI is InChI=1S/C14H22ClO3P/c1-5-8-14(2,19-15)12-9-11(17-4)6-7-13(12)18-10-16-3/h6-7,9,19H,5,8,10H2,1-4H3. The number of rotatable bonds is 8. The van der Waals surface area contributed by atoms with E-state index in [1.165, 1.54) is 0 Å². The van der Waals surface area contributed by atoms with Crippen LogP contribution in [0.25, 0.3) is 0 Å². The summed E-state index contributed by atoms with van der Waals surface area (Å²) in [6.45, 7) is 4.55. The first-order chi connectivity index (χ1) is 9.11. The van der Waals surface area contributed by atoms with Crippen LogP contribution in [-0.4, -0.2) is 21.0 Å². The van der Waals surface area contributed by atoms with Gasteiger partial charge in [-0.2, -0.15) is 0 Å². The fraction of sp³-hybridized carbons (Fsp3) is 0.571. The second kappa shape index (κ2) is 7.94. The Hall–Kier alpha value is -0.500. The molecule has 0 radical (unpaired) electrons. The molecule has 5 heteroatoms. The molecule has 1 rings (SSSR count). The van der Waals surface area contributed by atoms with E-state index in [2.05, 4.69) is 13.8 Å². The molecule has 3 nitrogen and oxygen atoms in total. The number of hydrogen-bond acceptors (Lipinski definition) is 3. The second-order valence-electron chi connectivity index (χ2n) is 4.59. The molecule has 0 heterocycles. The van der Waals surface area contributed by atoms with Crippen molar-refractivity contribution in [2.45, 2.75) is 31.8 Å². The maximum atomic E-state index is 6.22. The van der Waals surface area contributed by atoms with Gasteiger partial charge in [-0.3, -0.25) is 0 Å². The molecular weight excluding hydrogens is 283 g/mol. The molecule has 1 aromatic rings. The average molecular weight is 305 g/mol. The molecule has 0 aliphatic heterocycles. The van der Waals surface area contributed by atoms with Crippen LogP contribution in [0.1, 0.15) is 32.3 Å². The van der Waals surface area contributed by atoms with E-state index >= 15 is 0 Å². The summed E-state index contributed by atoms with van der Waals surface area (Å²) in [4.78, 5) is 0. The minimum absolute atomic E-state index is 0.103. The van der Waals surface area contributed by atoms with E-state index in [9.17, 15) is 0 Å². The monoisotopic (exact) mass is 304 g/mol. The number of hydrogen-bond donors (Lipinski definition) is 0. The highest BCUT2D eigenvalue weighted by Crippen LogP contribution is 2.51. The molecule has 2 atom stereocenters. The van der Waals surface area contributed by atoms with Crippen LogP contribution in [0, 0.1) is 0 Å². The Morgan fingerprint density at radius 1 is 1.32 bits per heavy atom. The zero-order valence-corrected chi connectivity index (χ0v) is 13.7. The van der Waals surface area contributed by atoms with Gasteiger partial charge in [0.15, 0.2) is 6.79 Å². The first-order valence-electron chi connectivity index (χ1n) is 6.29. The molecule has 108 valence electrons. The van der Waals surface area contributed by atoms with Gasteiger partial charge in [0.05, 0.1) is 7.11 Å². The largest absolute Gasteiger partial charge is 0.497 e. The van der Waals surface area contributed by atoms with Crippen molar-refractivity contribution < 1.29 is 14.2 Å². The van der Waals surface area contributed by atoms with Gasteiger partial charge in [0.2, 0.25) is 0 Å². The molecule has 19 heavy (non-hydrogen) atoms. The molecule has 0 fully saturated rings. The predicted molar refractivity (Wildman–Crippen MR) is 81.9 cm³/mol. The van der Waals surface area contributed by atoms with Crippen molar-refractivity contribution in [3.63, 3.8) is 0 Å². The molecule has 1 aromatic carbocycles. The summed E-state index contributed by atoms with van der Waals surface area (Å²) in [7, 11) is 3.55. The molecule has 0 aliphatic carbocycles. The van der Waals surface area contributed by atoms with Crippen molar-refractivity contribution in [2.75, 3.05) is 21.0 Å². The first kappa shape index (κ1) is 16.6. The van der Waals surface area contributed by atoms with Gasteiger partial charge in [-0.1, -0.05) is 31.5 Å². The highest BCUT2D eigenvalue weighted by Gasteiger charge is 2.29. The molecule has 0 spiro atoms. The van der Waals surface area contributed by atoms with Gasteiger partial charge in [0.1, 0.15) is 11.5 Å². The fourth-order valence-electron chi connectivity index (χ4n) is 2.05. The van der Waals surface area contributed by atoms with Crippen molar-refractivity contribution in [1.82, 2.24) is 0 Å². The minimum Gasteiger partial charge on any atom is -0.497 e. The van der Waals surface area contributed by atoms with Crippen LogP contribution >= 0.6 is 19.2 Å². The van der Waals surface area contributed by atoms with E-state index in [-0.39, 0.29) is 19.9 Å². The minimum atomic E-state index is -0.103. The summed E-state index contributed by atoms with van der Waals surface area (Å²) in [5, 5.41) is -0.103. The van der Waals surface area contributed by atoms with E-state index in [4.69, 9.17) is 25.5 Å². The van der Waals surface area contributed by atoms with E-state index < -0.39 is 0 Å². The van der Waals surface area contributed by atoms with Gasteiger partial charge in [-0.25, -0.2) is 0 Å². The van der Waals surface area contributed by atoms with Crippen molar-refractivity contribution >= 4 is 19.2 Å². The van der Waals surface area contributed by atoms with Gasteiger partial charge in [0, 0.05) is 17.8 Å². The highest BCUT2D eigenvalue weighted by molar-refractivity contribution is 7.69. The number of benzene rings is 1. The summed E-state index contributed by atoms with van der Waals surface area (Å²) >= 11 is 6.22. The van der Waals surface area contributed by atoms with E-state index in [1.54, 1.807) is 14.2 Å². The molecule has 0 aromatic heterocycles. The lowest BCUT2D eigenvalue weighted by molar-refractivity contribution is 0.0500. The van der Waals surface area contributed by atoms with Crippen molar-refractivity contribution in [1.29, 1.82) is 0 Å². The predicted octanol–water partition coefficient (Wildman–Crippen LogP) is 4.53. The third-order valence-electron chi connectivity index (χ3n) is 3.07. The summed E-state index contributed by atoms with van der Waals surface area (Å²) < 4.78 is 15.9. The molecular formula is C14H22ClO3P. The Morgan fingerprint density at radius 3 is 2.58 bits per heavy atom. The smallest absolute Gasteiger partial charge is 0.188 e. The SMILES string of the molecule is CCCC(C)(PCl)c1cc(OC)ccc1OCOC. The van der Waals surface area contributed by atoms with E-state index in [0.717, 1.165) is 29.9 Å². The van der Waals surface area contributed by atoms with Crippen LogP contribution in [0.5, 0.6) is 11.5 Å². The van der Waals surface area contributed by atoms with Gasteiger partial charge >= 0.3 is 0 Å². The lowest BCUT2D eigenvalue weighted by atomic mass is 9.94. The van der Waals surface area contributed by atoms with E-state index in [1.807, 2.05) is 18.2 Å². The summed E-state index contributed by atoms with van der Waals surface area (Å²) in [6.07, 6.45) is 2.07. The molecule has 0 saturated carbocycles. The first-order valence-corrected chi connectivity index (χ1v) is 8.30. The van der Waals surface area contributed by atoms with Gasteiger partial charge in [-0.05, 0) is 32.6 Å². The normalized spacial score (nSPS) is 14.6. The van der Waals surface area contributed by atoms with Crippen LogP contribution in [0.4, 0.5) is 0 Å². The quantitative estimate of drug-likeness (QED) is 0.522. The summed E-state index contributed by atoms with van der Waals surface area (Å²) in [5.74, 6) is 1.63. The third-order valence-corrected chi connectivity index (χ3v) is 5.26. The van der Waals surface area contributed by atoms with Gasteiger partial charge in [0.25, 0.3) is 0 Å². The molecule has 0 aliphatic rings. The number of halogens is 1. The van der Waals surface area contributed by atoms with Crippen LogP contribution in [0.3, 0.4) is 0 Å². The second-order valence-corrected chi connectivity index (χ2v) is 6.45. The Labute approximate surface area is 122 Å². The topological polar surface area (TPSA) is 27.7 Å². The lowest BCUT2D eigenvalue weighted by Crippen LogP contribution is -2.16. The Bertz CT molecular complexity index is 400. The van der Waals surface area contributed by atoms with Crippen LogP contribution in [-0.2, 0) is 9.89 Å². The van der Waals surface area contributed by atoms with Crippen molar-refractivity contribution in [2.24, 2.45) is 0 Å². The fourth-order valence-corrected chi connectivity index (χ4v) is 3.28. The Balaban J connectivity index is 3.18. The van der Waals surface area contributed by atoms with Crippen molar-refractivity contribution in [3.8, 4) is 11.5 Å². The summed E-state index contributed by atoms with van der Waals surface area (Å²) in [5.41, 5.74) is 1.08. The molecule has 0 bridgehead atoms. The zero-order chi connectivity index (χ0) is 14.3. The maximum absolute atomic E-state index is 6.22. The summed E-state index contributed by atoms with van der Waals surface area (Å²) in [6, 6.07) is 5.81. The van der Waals surface area contributed by atoms with Crippen LogP contribution in [0.2, 0.25) is 0 Å². The molecule has 0 amide bonds. The lowest BCUT2D eigenvalue weighted by Gasteiger charge is -2.29. The highest BCUT2D eigenvalue weighted by atomic mass is 35.7. The Morgan fingerprint density at radius 2 is 2.05 bits per heavy atom. The van der Waals surface area contributed by atoms with Crippen LogP contribution in [0.15, 0.2) is 18.2 Å². The van der Waals surface area contributed by atoms with Gasteiger partial charge in [-0.15, -0.1) is 0 Å². The molecule has 0 N–H and O–H groups in total. The van der Waals surface area contributed by atoms with Crippen molar-refractivity contribution in [3.05, 3.63) is 23.8 Å². The third kappa shape index (κ3) is 4.24. The van der Waals surface area contributed by atoms with Crippen LogP contribution < -0.4 is 9.47 Å². The average Bonchev–Trinajstić information content (AvgIpc) is 2.45. The van der Waals surface area contributed by atoms with Gasteiger partial charge < -0.3 is 14.2 Å². The Kier molecular flexibility index (Phi) is 6.92. The number of ether oxygens (including phenoxy) is 3. The maximum Gasteiger partial charge on any atom is 0.188 e. The number of methoxy groups -OCH3 is 2. The molecule has 2 unspecified atom stereocenters.